The van der Waals surface area contributed by atoms with Crippen LogP contribution in [0, 0.1) is 0 Å². The second-order valence-electron chi connectivity index (χ2n) is 5.04. The van der Waals surface area contributed by atoms with Crippen molar-refractivity contribution in [1.29, 1.82) is 0 Å². The Morgan fingerprint density at radius 2 is 2.00 bits per heavy atom. The van der Waals surface area contributed by atoms with Crippen LogP contribution in [0.1, 0.15) is 45.1 Å². The highest BCUT2D eigenvalue weighted by atomic mass is 35.5. The van der Waals surface area contributed by atoms with E-state index < -0.39 is 0 Å². The third-order valence-corrected chi connectivity index (χ3v) is 2.53. The van der Waals surface area contributed by atoms with Crippen LogP contribution in [0.2, 0.25) is 5.15 Å². The third-order valence-electron chi connectivity index (χ3n) is 2.34. The first-order valence-corrected chi connectivity index (χ1v) is 5.76. The summed E-state index contributed by atoms with van der Waals surface area (Å²) in [5.74, 6) is 0.907. The zero-order valence-corrected chi connectivity index (χ0v) is 11.3. The molecule has 0 bridgehead atoms. The fourth-order valence-electron chi connectivity index (χ4n) is 1.36. The van der Waals surface area contributed by atoms with Gasteiger partial charge in [-0.15, -0.1) is 0 Å². The van der Waals surface area contributed by atoms with E-state index in [9.17, 15) is 0 Å². The molecule has 0 radical (unpaired) electrons. The Morgan fingerprint density at radius 1 is 1.38 bits per heavy atom. The molecule has 0 spiro atoms. The Morgan fingerprint density at radius 3 is 2.50 bits per heavy atom. The minimum atomic E-state index is -0.0197. The first kappa shape index (κ1) is 13.4. The second-order valence-corrected chi connectivity index (χ2v) is 5.43. The highest BCUT2D eigenvalue weighted by molar-refractivity contribution is 6.29. The number of ether oxygens (including phenoxy) is 1. The molecule has 1 rings (SSSR count). The lowest BCUT2D eigenvalue weighted by molar-refractivity contribution is 0.181. The molecule has 90 valence electrons. The quantitative estimate of drug-likeness (QED) is 0.764. The minimum Gasteiger partial charge on any atom is -0.384 e. The van der Waals surface area contributed by atoms with Gasteiger partial charge in [0.15, 0.2) is 0 Å². The summed E-state index contributed by atoms with van der Waals surface area (Å²) in [6.07, 6.45) is 0. The van der Waals surface area contributed by atoms with Crippen molar-refractivity contribution in [2.45, 2.75) is 39.0 Å². The van der Waals surface area contributed by atoms with Gasteiger partial charge in [-0.25, -0.2) is 9.97 Å². The number of halogens is 1. The second kappa shape index (κ2) is 5.11. The summed E-state index contributed by atoms with van der Waals surface area (Å²) in [5.41, 5.74) is 0.944. The normalized spacial score (nSPS) is 13.9. The number of nitrogens with zero attached hydrogens (tertiary/aromatic N) is 2. The smallest absolute Gasteiger partial charge is 0.135 e. The van der Waals surface area contributed by atoms with E-state index >= 15 is 0 Å². The lowest BCUT2D eigenvalue weighted by atomic mass is 9.92. The van der Waals surface area contributed by atoms with Gasteiger partial charge in [-0.05, 0) is 6.07 Å². The van der Waals surface area contributed by atoms with Crippen LogP contribution >= 0.6 is 11.6 Å². The Balaban J connectivity index is 3.08. The van der Waals surface area contributed by atoms with Gasteiger partial charge < -0.3 is 4.74 Å². The Bertz CT molecular complexity index is 361. The molecular weight excluding hydrogens is 224 g/mol. The van der Waals surface area contributed by atoms with Crippen molar-refractivity contribution in [3.8, 4) is 0 Å². The molecule has 16 heavy (non-hydrogen) atoms. The van der Waals surface area contributed by atoms with Crippen LogP contribution < -0.4 is 0 Å². The van der Waals surface area contributed by atoms with Crippen LogP contribution in [0.4, 0.5) is 0 Å². The van der Waals surface area contributed by atoms with Crippen molar-refractivity contribution < 1.29 is 4.74 Å². The monoisotopic (exact) mass is 242 g/mol. The number of hydrogen-bond acceptors (Lipinski definition) is 3. The molecule has 0 fully saturated rings. The number of hydrogen-bond donors (Lipinski definition) is 0. The van der Waals surface area contributed by atoms with Gasteiger partial charge in [-0.3, -0.25) is 0 Å². The fourth-order valence-corrected chi connectivity index (χ4v) is 1.55. The molecule has 0 N–H and O–H groups in total. The van der Waals surface area contributed by atoms with Crippen molar-refractivity contribution in [2.24, 2.45) is 0 Å². The van der Waals surface area contributed by atoms with E-state index in [4.69, 9.17) is 16.3 Å². The molecule has 0 aliphatic carbocycles. The highest BCUT2D eigenvalue weighted by Gasteiger charge is 2.19. The van der Waals surface area contributed by atoms with Gasteiger partial charge in [-0.2, -0.15) is 0 Å². The van der Waals surface area contributed by atoms with Crippen LogP contribution in [0.5, 0.6) is 0 Å². The number of methoxy groups -OCH3 is 1. The molecule has 1 aromatic heterocycles. The molecule has 1 heterocycles. The van der Waals surface area contributed by atoms with Crippen molar-refractivity contribution >= 4 is 11.6 Å². The van der Waals surface area contributed by atoms with Crippen molar-refractivity contribution in [1.82, 2.24) is 9.97 Å². The molecule has 0 saturated carbocycles. The summed E-state index contributed by atoms with van der Waals surface area (Å²) in [7, 11) is 1.67. The van der Waals surface area contributed by atoms with E-state index in [2.05, 4.69) is 30.7 Å². The Labute approximate surface area is 102 Å². The maximum atomic E-state index is 6.01. The summed E-state index contributed by atoms with van der Waals surface area (Å²) in [6.45, 7) is 8.95. The predicted molar refractivity (Wildman–Crippen MR) is 66.0 cm³/mol. The molecule has 4 heteroatoms. The molecule has 1 atom stereocenters. The van der Waals surface area contributed by atoms with Crippen LogP contribution in [-0.4, -0.2) is 23.7 Å². The van der Waals surface area contributed by atoms with E-state index in [0.717, 1.165) is 11.5 Å². The molecule has 3 nitrogen and oxygen atoms in total. The summed E-state index contributed by atoms with van der Waals surface area (Å²) in [4.78, 5) is 8.79. The van der Waals surface area contributed by atoms with Crippen LogP contribution in [-0.2, 0) is 10.2 Å². The predicted octanol–water partition coefficient (Wildman–Crippen LogP) is 3.18. The van der Waals surface area contributed by atoms with E-state index in [-0.39, 0.29) is 11.3 Å². The summed E-state index contributed by atoms with van der Waals surface area (Å²) < 4.78 is 5.10. The lowest BCUT2D eigenvalue weighted by Gasteiger charge is -2.19. The number of aromatic nitrogens is 2. The summed E-state index contributed by atoms with van der Waals surface area (Å²) >= 11 is 6.01. The van der Waals surface area contributed by atoms with Crippen molar-refractivity contribution in [2.75, 3.05) is 13.7 Å². The van der Waals surface area contributed by atoms with Gasteiger partial charge in [0.25, 0.3) is 0 Å². The Kier molecular flexibility index (Phi) is 4.28. The zero-order valence-electron chi connectivity index (χ0n) is 10.5. The first-order chi connectivity index (χ1) is 7.34. The van der Waals surface area contributed by atoms with Gasteiger partial charge in [0, 0.05) is 18.4 Å². The minimum absolute atomic E-state index is 0.0197. The molecule has 1 unspecified atom stereocenters. The fraction of sp³-hybridized carbons (Fsp3) is 0.667. The van der Waals surface area contributed by atoms with Crippen molar-refractivity contribution in [3.63, 3.8) is 0 Å². The standard InChI is InChI=1S/C12H19ClN2O/c1-8(7-16-5)11-14-9(12(2,3)4)6-10(13)15-11/h6,8H,7H2,1-5H3. The molecule has 0 aliphatic rings. The van der Waals surface area contributed by atoms with Gasteiger partial charge in [0.05, 0.1) is 12.3 Å². The maximum absolute atomic E-state index is 6.01. The van der Waals surface area contributed by atoms with Crippen molar-refractivity contribution in [3.05, 3.63) is 22.7 Å². The van der Waals surface area contributed by atoms with E-state index in [1.54, 1.807) is 7.11 Å². The van der Waals surface area contributed by atoms with E-state index in [1.807, 2.05) is 13.0 Å². The van der Waals surface area contributed by atoms with Gasteiger partial charge in [0.2, 0.25) is 0 Å². The first-order valence-electron chi connectivity index (χ1n) is 5.38. The van der Waals surface area contributed by atoms with E-state index in [0.29, 0.717) is 11.8 Å². The zero-order chi connectivity index (χ0) is 12.3. The molecule has 0 saturated heterocycles. The summed E-state index contributed by atoms with van der Waals surface area (Å²) in [5, 5.41) is 0.498. The molecule has 0 amide bonds. The largest absolute Gasteiger partial charge is 0.384 e. The van der Waals surface area contributed by atoms with Gasteiger partial charge in [0.1, 0.15) is 11.0 Å². The molecule has 1 aromatic rings. The van der Waals surface area contributed by atoms with Gasteiger partial charge >= 0.3 is 0 Å². The third kappa shape index (κ3) is 3.42. The SMILES string of the molecule is COCC(C)c1nc(Cl)cc(C(C)(C)C)n1. The van der Waals surface area contributed by atoms with Crippen LogP contribution in [0.25, 0.3) is 0 Å². The lowest BCUT2D eigenvalue weighted by Crippen LogP contribution is -2.17. The average molecular weight is 243 g/mol. The summed E-state index contributed by atoms with van der Waals surface area (Å²) in [6, 6.07) is 1.82. The molecule has 0 aromatic carbocycles. The molecular formula is C12H19ClN2O. The van der Waals surface area contributed by atoms with Gasteiger partial charge in [-0.1, -0.05) is 39.3 Å². The maximum Gasteiger partial charge on any atom is 0.135 e. The topological polar surface area (TPSA) is 35.0 Å². The average Bonchev–Trinajstić information content (AvgIpc) is 2.16. The van der Waals surface area contributed by atoms with Crippen LogP contribution in [0.15, 0.2) is 6.07 Å². The van der Waals surface area contributed by atoms with E-state index in [1.165, 1.54) is 0 Å². The molecule has 0 aliphatic heterocycles. The Hall–Kier alpha value is -0.670. The highest BCUT2D eigenvalue weighted by Crippen LogP contribution is 2.24. The number of rotatable bonds is 3. The van der Waals surface area contributed by atoms with Crippen LogP contribution in [0.3, 0.4) is 0 Å².